The molecular weight excluding hydrogens is 176 g/mol. The molecule has 0 N–H and O–H groups in total. The fraction of sp³-hybridized carbons (Fsp3) is 0.600. The van der Waals surface area contributed by atoms with Gasteiger partial charge in [0.2, 0.25) is 5.24 Å². The lowest BCUT2D eigenvalue weighted by Crippen LogP contribution is -2.05. The van der Waals surface area contributed by atoms with Crippen molar-refractivity contribution >= 4 is 34.6 Å². The van der Waals surface area contributed by atoms with E-state index in [1.807, 2.05) is 0 Å². The second kappa shape index (κ2) is 5.56. The van der Waals surface area contributed by atoms with Crippen molar-refractivity contribution in [2.75, 3.05) is 18.6 Å². The molecule has 0 aliphatic carbocycles. The first-order valence-electron chi connectivity index (χ1n) is 2.49. The maximum absolute atomic E-state index is 10.4. The van der Waals surface area contributed by atoms with Crippen LogP contribution in [0.1, 0.15) is 0 Å². The van der Waals surface area contributed by atoms with E-state index in [4.69, 9.17) is 11.6 Å². The number of rotatable bonds is 4. The van der Waals surface area contributed by atoms with Crippen LogP contribution in [-0.4, -0.2) is 29.8 Å². The van der Waals surface area contributed by atoms with E-state index >= 15 is 0 Å². The number of carbonyl (C=O) groups excluding carboxylic acids is 2. The number of ether oxygens (including phenoxy) is 1. The highest BCUT2D eigenvalue weighted by molar-refractivity contribution is 8.00. The maximum Gasteiger partial charge on any atom is 0.315 e. The summed E-state index contributed by atoms with van der Waals surface area (Å²) in [7, 11) is 1.30. The van der Waals surface area contributed by atoms with E-state index in [1.54, 1.807) is 0 Å². The van der Waals surface area contributed by atoms with Gasteiger partial charge in [-0.15, -0.1) is 11.8 Å². The fourth-order valence-electron chi connectivity index (χ4n) is 0.274. The van der Waals surface area contributed by atoms with Crippen molar-refractivity contribution < 1.29 is 14.3 Å². The van der Waals surface area contributed by atoms with Gasteiger partial charge in [0.25, 0.3) is 0 Å². The summed E-state index contributed by atoms with van der Waals surface area (Å²) in [5.41, 5.74) is 0. The summed E-state index contributed by atoms with van der Waals surface area (Å²) in [5, 5.41) is -0.450. The zero-order valence-corrected chi connectivity index (χ0v) is 7.00. The molecule has 3 nitrogen and oxygen atoms in total. The molecule has 0 saturated carbocycles. The van der Waals surface area contributed by atoms with Crippen LogP contribution in [0.4, 0.5) is 0 Å². The van der Waals surface area contributed by atoms with Gasteiger partial charge in [0, 0.05) is 0 Å². The molecule has 0 aromatic carbocycles. The van der Waals surface area contributed by atoms with E-state index in [1.165, 1.54) is 7.11 Å². The third kappa shape index (κ3) is 5.91. The molecule has 0 heterocycles. The van der Waals surface area contributed by atoms with Gasteiger partial charge in [0.1, 0.15) is 0 Å². The molecule has 58 valence electrons. The second-order valence-electron chi connectivity index (χ2n) is 1.42. The molecule has 0 aliphatic heterocycles. The van der Waals surface area contributed by atoms with E-state index < -0.39 is 5.24 Å². The first-order chi connectivity index (χ1) is 4.66. The summed E-state index contributed by atoms with van der Waals surface area (Å²) in [6.07, 6.45) is 0. The minimum Gasteiger partial charge on any atom is -0.468 e. The molecule has 0 rings (SSSR count). The number of esters is 1. The summed E-state index contributed by atoms with van der Waals surface area (Å²) in [5.74, 6) is -0.0195. The Bertz CT molecular complexity index is 137. The molecule has 0 fully saturated rings. The monoisotopic (exact) mass is 182 g/mol. The van der Waals surface area contributed by atoms with Crippen molar-refractivity contribution in [2.24, 2.45) is 0 Å². The Hall–Kier alpha value is -0.220. The highest BCUT2D eigenvalue weighted by Crippen LogP contribution is 2.01. The molecule has 10 heavy (non-hydrogen) atoms. The molecule has 0 radical (unpaired) electrons. The fourth-order valence-corrected chi connectivity index (χ4v) is 1.05. The average Bonchev–Trinajstić information content (AvgIpc) is 1.87. The zero-order valence-electron chi connectivity index (χ0n) is 5.43. The van der Waals surface area contributed by atoms with Crippen LogP contribution in [0.5, 0.6) is 0 Å². The standard InChI is InChI=1S/C5H7ClO3S/c1-9-5(8)3-10-2-4(6)7/h2-3H2,1H3. The van der Waals surface area contributed by atoms with Crippen molar-refractivity contribution in [1.82, 2.24) is 0 Å². The van der Waals surface area contributed by atoms with Crippen molar-refractivity contribution in [2.45, 2.75) is 0 Å². The van der Waals surface area contributed by atoms with Gasteiger partial charge < -0.3 is 4.74 Å². The normalized spacial score (nSPS) is 9.00. The van der Waals surface area contributed by atoms with Gasteiger partial charge in [-0.3, -0.25) is 9.59 Å². The Morgan fingerprint density at radius 1 is 1.50 bits per heavy atom. The van der Waals surface area contributed by atoms with Gasteiger partial charge in [-0.25, -0.2) is 0 Å². The van der Waals surface area contributed by atoms with Crippen LogP contribution in [0, 0.1) is 0 Å². The van der Waals surface area contributed by atoms with Crippen LogP contribution in [-0.2, 0) is 14.3 Å². The second-order valence-corrected chi connectivity index (χ2v) is 2.83. The van der Waals surface area contributed by atoms with Crippen LogP contribution >= 0.6 is 23.4 Å². The summed E-state index contributed by atoms with van der Waals surface area (Å²) in [6.45, 7) is 0. The Kier molecular flexibility index (Phi) is 5.43. The Labute approximate surface area is 68.1 Å². The topological polar surface area (TPSA) is 43.4 Å². The molecule has 0 aromatic rings. The highest BCUT2D eigenvalue weighted by Gasteiger charge is 2.01. The van der Waals surface area contributed by atoms with E-state index in [2.05, 4.69) is 4.74 Å². The molecule has 0 unspecified atom stereocenters. The van der Waals surface area contributed by atoms with E-state index in [9.17, 15) is 9.59 Å². The van der Waals surface area contributed by atoms with Crippen LogP contribution in [0.15, 0.2) is 0 Å². The van der Waals surface area contributed by atoms with Gasteiger partial charge in [-0.1, -0.05) is 0 Å². The van der Waals surface area contributed by atoms with E-state index in [-0.39, 0.29) is 17.5 Å². The predicted molar refractivity (Wildman–Crippen MR) is 40.2 cm³/mol. The minimum atomic E-state index is -0.450. The van der Waals surface area contributed by atoms with E-state index in [0.29, 0.717) is 0 Å². The number of hydrogen-bond acceptors (Lipinski definition) is 4. The molecule has 5 heteroatoms. The summed E-state index contributed by atoms with van der Waals surface area (Å²) >= 11 is 6.13. The van der Waals surface area contributed by atoms with Crippen molar-refractivity contribution in [1.29, 1.82) is 0 Å². The quantitative estimate of drug-likeness (QED) is 0.473. The van der Waals surface area contributed by atoms with Crippen molar-refractivity contribution in [3.05, 3.63) is 0 Å². The summed E-state index contributed by atoms with van der Waals surface area (Å²) in [6, 6.07) is 0. The summed E-state index contributed by atoms with van der Waals surface area (Å²) < 4.78 is 4.32. The first-order valence-corrected chi connectivity index (χ1v) is 4.03. The van der Waals surface area contributed by atoms with Crippen LogP contribution in [0.25, 0.3) is 0 Å². The van der Waals surface area contributed by atoms with Gasteiger partial charge >= 0.3 is 5.97 Å². The van der Waals surface area contributed by atoms with Gasteiger partial charge in [-0.2, -0.15) is 0 Å². The SMILES string of the molecule is COC(=O)CSCC(=O)Cl. The maximum atomic E-state index is 10.4. The highest BCUT2D eigenvalue weighted by atomic mass is 35.5. The largest absolute Gasteiger partial charge is 0.468 e. The van der Waals surface area contributed by atoms with Gasteiger partial charge in [-0.05, 0) is 11.6 Å². The number of thioether (sulfide) groups is 1. The number of carbonyl (C=O) groups is 2. The number of hydrogen-bond donors (Lipinski definition) is 0. The molecule has 0 amide bonds. The zero-order chi connectivity index (χ0) is 7.98. The van der Waals surface area contributed by atoms with Crippen LogP contribution < -0.4 is 0 Å². The average molecular weight is 183 g/mol. The first kappa shape index (κ1) is 9.78. The van der Waals surface area contributed by atoms with Gasteiger partial charge in [0.15, 0.2) is 0 Å². The predicted octanol–water partition coefficient (Wildman–Crippen LogP) is 0.658. The van der Waals surface area contributed by atoms with Gasteiger partial charge in [0.05, 0.1) is 18.6 Å². The van der Waals surface area contributed by atoms with Crippen LogP contribution in [0.2, 0.25) is 0 Å². The Balaban J connectivity index is 3.20. The van der Waals surface area contributed by atoms with Crippen molar-refractivity contribution in [3.8, 4) is 0 Å². The molecular formula is C5H7ClO3S. The summed E-state index contributed by atoms with van der Waals surface area (Å²) in [4.78, 5) is 20.5. The lowest BCUT2D eigenvalue weighted by Gasteiger charge is -1.94. The lowest BCUT2D eigenvalue weighted by atomic mass is 10.8. The lowest BCUT2D eigenvalue weighted by molar-refractivity contribution is -0.137. The molecule has 0 aromatic heterocycles. The number of halogens is 1. The Morgan fingerprint density at radius 3 is 2.50 bits per heavy atom. The molecule has 0 bridgehead atoms. The van der Waals surface area contributed by atoms with Crippen molar-refractivity contribution in [3.63, 3.8) is 0 Å². The molecule has 0 spiro atoms. The third-order valence-corrected chi connectivity index (χ3v) is 1.86. The van der Waals surface area contributed by atoms with E-state index in [0.717, 1.165) is 11.8 Å². The molecule has 0 saturated heterocycles. The van der Waals surface area contributed by atoms with Crippen LogP contribution in [0.3, 0.4) is 0 Å². The molecule has 0 atom stereocenters. The smallest absolute Gasteiger partial charge is 0.315 e. The third-order valence-electron chi connectivity index (χ3n) is 0.663. The Morgan fingerprint density at radius 2 is 2.10 bits per heavy atom. The number of methoxy groups -OCH3 is 1. The minimum absolute atomic E-state index is 0.149. The molecule has 0 aliphatic rings.